The molecular formula is C14H14N2. The molecule has 0 aliphatic carbocycles. The number of nitrogens with zero attached hydrogens (tertiary/aromatic N) is 2. The van der Waals surface area contributed by atoms with Crippen LogP contribution in [0.15, 0.2) is 53.8 Å². The predicted octanol–water partition coefficient (Wildman–Crippen LogP) is 3.53. The summed E-state index contributed by atoms with van der Waals surface area (Å²) in [6.07, 6.45) is 3.60. The number of hydrogen-bond acceptors (Lipinski definition) is 2. The number of para-hydroxylation sites is 1. The van der Waals surface area contributed by atoms with Crippen LogP contribution in [0, 0.1) is 6.92 Å². The molecular weight excluding hydrogens is 196 g/mol. The summed E-state index contributed by atoms with van der Waals surface area (Å²) in [5.74, 6) is 0. The van der Waals surface area contributed by atoms with Crippen LogP contribution in [-0.4, -0.2) is 10.7 Å². The van der Waals surface area contributed by atoms with Gasteiger partial charge in [0, 0.05) is 23.7 Å². The summed E-state index contributed by atoms with van der Waals surface area (Å²) in [6, 6.07) is 12.1. The van der Waals surface area contributed by atoms with Gasteiger partial charge in [-0.15, -0.1) is 0 Å². The SMILES string of the molecule is CC(=Nc1ccccc1C)c1cccnc1. The lowest BCUT2D eigenvalue weighted by atomic mass is 10.1. The van der Waals surface area contributed by atoms with E-state index in [-0.39, 0.29) is 0 Å². The summed E-state index contributed by atoms with van der Waals surface area (Å²) < 4.78 is 0. The first-order valence-corrected chi connectivity index (χ1v) is 5.28. The second kappa shape index (κ2) is 4.71. The first-order chi connectivity index (χ1) is 7.77. The van der Waals surface area contributed by atoms with E-state index in [1.54, 1.807) is 6.20 Å². The molecule has 16 heavy (non-hydrogen) atoms. The van der Waals surface area contributed by atoms with E-state index in [9.17, 15) is 0 Å². The minimum absolute atomic E-state index is 0.988. The maximum absolute atomic E-state index is 4.61. The number of hydrogen-bond donors (Lipinski definition) is 0. The predicted molar refractivity (Wildman–Crippen MR) is 67.3 cm³/mol. The molecule has 0 bridgehead atoms. The highest BCUT2D eigenvalue weighted by Gasteiger charge is 1.98. The zero-order valence-electron chi connectivity index (χ0n) is 9.51. The van der Waals surface area contributed by atoms with Gasteiger partial charge < -0.3 is 0 Å². The van der Waals surface area contributed by atoms with Crippen molar-refractivity contribution in [1.82, 2.24) is 4.98 Å². The minimum atomic E-state index is 0.988. The third-order valence-electron chi connectivity index (χ3n) is 2.48. The lowest BCUT2D eigenvalue weighted by Gasteiger charge is -2.02. The van der Waals surface area contributed by atoms with E-state index in [0.717, 1.165) is 17.0 Å². The van der Waals surface area contributed by atoms with Gasteiger partial charge in [-0.1, -0.05) is 24.3 Å². The Hall–Kier alpha value is -1.96. The zero-order chi connectivity index (χ0) is 11.4. The first-order valence-electron chi connectivity index (χ1n) is 5.28. The minimum Gasteiger partial charge on any atom is -0.264 e. The molecule has 0 radical (unpaired) electrons. The Morgan fingerprint density at radius 1 is 1.12 bits per heavy atom. The van der Waals surface area contributed by atoms with Crippen molar-refractivity contribution in [1.29, 1.82) is 0 Å². The zero-order valence-corrected chi connectivity index (χ0v) is 9.51. The van der Waals surface area contributed by atoms with Gasteiger partial charge in [0.1, 0.15) is 0 Å². The summed E-state index contributed by atoms with van der Waals surface area (Å²) in [6.45, 7) is 4.07. The maximum Gasteiger partial charge on any atom is 0.0662 e. The molecule has 2 heteroatoms. The molecule has 0 aliphatic heterocycles. The Bertz CT molecular complexity index is 501. The van der Waals surface area contributed by atoms with Gasteiger partial charge >= 0.3 is 0 Å². The van der Waals surface area contributed by atoms with Crippen LogP contribution in [0.2, 0.25) is 0 Å². The normalized spacial score (nSPS) is 11.5. The molecule has 0 amide bonds. The molecule has 2 aromatic rings. The molecule has 0 saturated heterocycles. The van der Waals surface area contributed by atoms with E-state index in [4.69, 9.17) is 0 Å². The second-order valence-electron chi connectivity index (χ2n) is 3.73. The monoisotopic (exact) mass is 210 g/mol. The molecule has 1 aromatic carbocycles. The van der Waals surface area contributed by atoms with Gasteiger partial charge in [-0.3, -0.25) is 9.98 Å². The highest BCUT2D eigenvalue weighted by atomic mass is 14.8. The molecule has 2 nitrogen and oxygen atoms in total. The van der Waals surface area contributed by atoms with Crippen LogP contribution in [0.1, 0.15) is 18.1 Å². The molecule has 1 heterocycles. The Morgan fingerprint density at radius 3 is 2.62 bits per heavy atom. The Morgan fingerprint density at radius 2 is 1.94 bits per heavy atom. The fourth-order valence-electron chi connectivity index (χ4n) is 1.51. The number of aryl methyl sites for hydroxylation is 1. The third kappa shape index (κ3) is 2.34. The van der Waals surface area contributed by atoms with Gasteiger partial charge in [0.25, 0.3) is 0 Å². The lowest BCUT2D eigenvalue weighted by molar-refractivity contribution is 1.30. The van der Waals surface area contributed by atoms with Crippen molar-refractivity contribution in [2.45, 2.75) is 13.8 Å². The summed E-state index contributed by atoms with van der Waals surface area (Å²) in [4.78, 5) is 8.69. The van der Waals surface area contributed by atoms with E-state index in [2.05, 4.69) is 23.0 Å². The van der Waals surface area contributed by atoms with Crippen molar-refractivity contribution in [3.8, 4) is 0 Å². The van der Waals surface area contributed by atoms with Gasteiger partial charge in [0.05, 0.1) is 5.69 Å². The van der Waals surface area contributed by atoms with Gasteiger partial charge in [0.15, 0.2) is 0 Å². The lowest BCUT2D eigenvalue weighted by Crippen LogP contribution is -1.94. The molecule has 1 aromatic heterocycles. The average Bonchev–Trinajstić information content (AvgIpc) is 2.33. The number of aliphatic imine (C=N–C) groups is 1. The fraction of sp³-hybridized carbons (Fsp3) is 0.143. The Balaban J connectivity index is 2.36. The van der Waals surface area contributed by atoms with Gasteiger partial charge in [-0.05, 0) is 31.5 Å². The molecule has 0 fully saturated rings. The van der Waals surface area contributed by atoms with Crippen molar-refractivity contribution < 1.29 is 0 Å². The van der Waals surface area contributed by atoms with E-state index in [1.807, 2.05) is 43.5 Å². The number of benzene rings is 1. The largest absolute Gasteiger partial charge is 0.264 e. The number of aromatic nitrogens is 1. The summed E-state index contributed by atoms with van der Waals surface area (Å²) >= 11 is 0. The standard InChI is InChI=1S/C14H14N2/c1-11-6-3-4-8-14(11)16-12(2)13-7-5-9-15-10-13/h3-10H,1-2H3. The average molecular weight is 210 g/mol. The first kappa shape index (κ1) is 10.6. The van der Waals surface area contributed by atoms with Crippen LogP contribution in [-0.2, 0) is 0 Å². The van der Waals surface area contributed by atoms with Gasteiger partial charge in [-0.25, -0.2) is 0 Å². The smallest absolute Gasteiger partial charge is 0.0662 e. The molecule has 0 atom stereocenters. The molecule has 0 spiro atoms. The fourth-order valence-corrected chi connectivity index (χ4v) is 1.51. The molecule has 2 rings (SSSR count). The van der Waals surface area contributed by atoms with Crippen LogP contribution in [0.5, 0.6) is 0 Å². The summed E-state index contributed by atoms with van der Waals surface area (Å²) in [7, 11) is 0. The highest BCUT2D eigenvalue weighted by Crippen LogP contribution is 2.18. The second-order valence-corrected chi connectivity index (χ2v) is 3.73. The number of rotatable bonds is 2. The van der Waals surface area contributed by atoms with Crippen LogP contribution < -0.4 is 0 Å². The number of pyridine rings is 1. The Labute approximate surface area is 95.7 Å². The van der Waals surface area contributed by atoms with E-state index < -0.39 is 0 Å². The van der Waals surface area contributed by atoms with Crippen LogP contribution in [0.25, 0.3) is 0 Å². The third-order valence-corrected chi connectivity index (χ3v) is 2.48. The van der Waals surface area contributed by atoms with Crippen molar-refractivity contribution in [3.05, 3.63) is 59.9 Å². The van der Waals surface area contributed by atoms with Crippen LogP contribution in [0.3, 0.4) is 0 Å². The summed E-state index contributed by atoms with van der Waals surface area (Å²) in [5.41, 5.74) is 4.25. The maximum atomic E-state index is 4.61. The van der Waals surface area contributed by atoms with E-state index >= 15 is 0 Å². The van der Waals surface area contributed by atoms with Crippen molar-refractivity contribution in [2.24, 2.45) is 4.99 Å². The topological polar surface area (TPSA) is 25.2 Å². The van der Waals surface area contributed by atoms with Crippen molar-refractivity contribution in [2.75, 3.05) is 0 Å². The van der Waals surface area contributed by atoms with Crippen molar-refractivity contribution in [3.63, 3.8) is 0 Å². The molecule has 0 saturated carbocycles. The summed E-state index contributed by atoms with van der Waals surface area (Å²) in [5, 5.41) is 0. The van der Waals surface area contributed by atoms with E-state index in [1.165, 1.54) is 5.56 Å². The van der Waals surface area contributed by atoms with Crippen LogP contribution >= 0.6 is 0 Å². The molecule has 0 N–H and O–H groups in total. The van der Waals surface area contributed by atoms with Gasteiger partial charge in [-0.2, -0.15) is 0 Å². The molecule has 0 unspecified atom stereocenters. The van der Waals surface area contributed by atoms with E-state index in [0.29, 0.717) is 0 Å². The highest BCUT2D eigenvalue weighted by molar-refractivity contribution is 6.00. The van der Waals surface area contributed by atoms with Crippen molar-refractivity contribution >= 4 is 11.4 Å². The van der Waals surface area contributed by atoms with Gasteiger partial charge in [0.2, 0.25) is 0 Å². The molecule has 0 aliphatic rings. The molecule has 80 valence electrons. The van der Waals surface area contributed by atoms with Crippen LogP contribution in [0.4, 0.5) is 5.69 Å². The Kier molecular flexibility index (Phi) is 3.10. The quantitative estimate of drug-likeness (QED) is 0.696.